The standard InChI is InChI=1S/C6H6N6O/c7-6(8)13-12-5-4(10-11-12)2-1-3-9-5/h1-3H,(H3,7,8)/p+1. The van der Waals surface area contributed by atoms with Crippen LogP contribution < -0.4 is 15.4 Å². The van der Waals surface area contributed by atoms with Crippen LogP contribution in [0, 0.1) is 5.41 Å². The summed E-state index contributed by atoms with van der Waals surface area (Å²) < 4.78 is 0. The quantitative estimate of drug-likeness (QED) is 0.283. The van der Waals surface area contributed by atoms with Crippen LogP contribution in [0.2, 0.25) is 0 Å². The van der Waals surface area contributed by atoms with Crippen molar-refractivity contribution in [2.24, 2.45) is 5.73 Å². The number of aromatic nitrogens is 4. The van der Waals surface area contributed by atoms with Gasteiger partial charge < -0.3 is 5.73 Å². The van der Waals surface area contributed by atoms with Crippen molar-refractivity contribution in [1.29, 1.82) is 5.41 Å². The van der Waals surface area contributed by atoms with E-state index >= 15 is 0 Å². The Bertz CT molecular complexity index is 449. The van der Waals surface area contributed by atoms with E-state index in [9.17, 15) is 0 Å². The third-order valence-electron chi connectivity index (χ3n) is 1.41. The highest BCUT2D eigenvalue weighted by molar-refractivity contribution is 5.68. The lowest BCUT2D eigenvalue weighted by atomic mass is 10.4. The Kier molecular flexibility index (Phi) is 1.55. The van der Waals surface area contributed by atoms with E-state index in [1.165, 1.54) is 0 Å². The molecule has 2 heterocycles. The molecule has 0 spiro atoms. The van der Waals surface area contributed by atoms with Crippen molar-refractivity contribution in [1.82, 2.24) is 15.3 Å². The predicted octanol–water partition coefficient (Wildman–Crippen LogP) is -1.43. The molecule has 0 bridgehead atoms. The maximum Gasteiger partial charge on any atom is 0.366 e. The molecule has 0 amide bonds. The van der Waals surface area contributed by atoms with Gasteiger partial charge in [0.15, 0.2) is 0 Å². The van der Waals surface area contributed by atoms with Gasteiger partial charge in [0.1, 0.15) is 6.20 Å². The topological polar surface area (TPSA) is 105 Å². The van der Waals surface area contributed by atoms with Gasteiger partial charge in [-0.2, -0.15) is 0 Å². The van der Waals surface area contributed by atoms with E-state index in [4.69, 9.17) is 16.0 Å². The summed E-state index contributed by atoms with van der Waals surface area (Å²) in [6, 6.07) is 3.08. The van der Waals surface area contributed by atoms with Crippen molar-refractivity contribution >= 4 is 17.2 Å². The van der Waals surface area contributed by atoms with Gasteiger partial charge in [0.25, 0.3) is 0 Å². The number of amidine groups is 1. The first-order chi connectivity index (χ1) is 6.27. The molecule has 66 valence electrons. The molecule has 2 rings (SSSR count). The molecule has 0 aliphatic carbocycles. The fourth-order valence-corrected chi connectivity index (χ4v) is 0.941. The Labute approximate surface area is 72.6 Å². The highest BCUT2D eigenvalue weighted by atomic mass is 16.7. The Balaban J connectivity index is 2.51. The maximum absolute atomic E-state index is 6.90. The fourth-order valence-electron chi connectivity index (χ4n) is 0.941. The molecular formula is C6H7N6O+. The molecule has 7 heteroatoms. The van der Waals surface area contributed by atoms with E-state index in [-0.39, 0.29) is 0 Å². The highest BCUT2D eigenvalue weighted by Crippen LogP contribution is 1.98. The second-order valence-corrected chi connectivity index (χ2v) is 2.31. The van der Waals surface area contributed by atoms with Crippen molar-refractivity contribution in [2.45, 2.75) is 0 Å². The van der Waals surface area contributed by atoms with Crippen molar-refractivity contribution in [3.8, 4) is 0 Å². The monoisotopic (exact) mass is 179 g/mol. The molecule has 4 N–H and O–H groups in total. The molecule has 0 aliphatic heterocycles. The van der Waals surface area contributed by atoms with E-state index in [0.29, 0.717) is 11.2 Å². The molecule has 0 radical (unpaired) electrons. The van der Waals surface area contributed by atoms with Crippen molar-refractivity contribution in [3.05, 3.63) is 18.3 Å². The summed E-state index contributed by atoms with van der Waals surface area (Å²) in [5.74, 6) is 0. The number of fused-ring (bicyclic) bond motifs is 1. The van der Waals surface area contributed by atoms with Crippen LogP contribution in [0.5, 0.6) is 0 Å². The number of aromatic amines is 1. The third kappa shape index (κ3) is 1.26. The smallest absolute Gasteiger partial charge is 0.350 e. The number of nitrogens with two attached hydrogens (primary N) is 1. The average molecular weight is 179 g/mol. The summed E-state index contributed by atoms with van der Waals surface area (Å²) in [4.78, 5) is 9.87. The van der Waals surface area contributed by atoms with Crippen LogP contribution in [0.15, 0.2) is 18.3 Å². The lowest BCUT2D eigenvalue weighted by molar-refractivity contribution is -0.894. The number of rotatable bonds is 1. The van der Waals surface area contributed by atoms with Gasteiger partial charge in [-0.15, -0.1) is 4.98 Å². The number of nitrogens with one attached hydrogen (secondary N) is 2. The minimum atomic E-state index is -0.429. The molecule has 2 aromatic heterocycles. The molecule has 0 aromatic carbocycles. The Morgan fingerprint density at radius 3 is 3.31 bits per heavy atom. The van der Waals surface area contributed by atoms with Gasteiger partial charge in [0, 0.05) is 4.85 Å². The summed E-state index contributed by atoms with van der Waals surface area (Å²) >= 11 is 0. The van der Waals surface area contributed by atoms with Crippen LogP contribution in [0.4, 0.5) is 0 Å². The molecule has 0 saturated heterocycles. The first-order valence-corrected chi connectivity index (χ1v) is 3.51. The Morgan fingerprint density at radius 1 is 1.69 bits per heavy atom. The predicted molar refractivity (Wildman–Crippen MR) is 42.6 cm³/mol. The Hall–Kier alpha value is -2.18. The first-order valence-electron chi connectivity index (χ1n) is 3.51. The van der Waals surface area contributed by atoms with Crippen molar-refractivity contribution in [3.63, 3.8) is 0 Å². The molecule has 13 heavy (non-hydrogen) atoms. The summed E-state index contributed by atoms with van der Waals surface area (Å²) in [5.41, 5.74) is 6.17. The minimum Gasteiger partial charge on any atom is -0.350 e. The maximum atomic E-state index is 6.90. The molecule has 7 nitrogen and oxygen atoms in total. The minimum absolute atomic E-state index is 0.429. The second kappa shape index (κ2) is 2.70. The SMILES string of the molecule is N=C(N)O[n+]1[nH]nc2cccnc21. The van der Waals surface area contributed by atoms with E-state index in [1.807, 2.05) is 0 Å². The molecule has 0 atom stereocenters. The van der Waals surface area contributed by atoms with Crippen LogP contribution in [-0.4, -0.2) is 21.3 Å². The zero-order chi connectivity index (χ0) is 9.26. The summed E-state index contributed by atoms with van der Waals surface area (Å²) in [7, 11) is 0. The molecule has 0 saturated carbocycles. The molecule has 0 unspecified atom stereocenters. The van der Waals surface area contributed by atoms with Gasteiger partial charge >= 0.3 is 11.7 Å². The van der Waals surface area contributed by atoms with E-state index in [2.05, 4.69) is 15.3 Å². The van der Waals surface area contributed by atoms with E-state index in [0.717, 1.165) is 4.85 Å². The van der Waals surface area contributed by atoms with Gasteiger partial charge in [-0.3, -0.25) is 4.84 Å². The fraction of sp³-hybridized carbons (Fsp3) is 0. The van der Waals surface area contributed by atoms with Crippen LogP contribution in [0.3, 0.4) is 0 Å². The largest absolute Gasteiger partial charge is 0.366 e. The first kappa shape index (κ1) is 7.47. The lowest BCUT2D eigenvalue weighted by Crippen LogP contribution is -2.50. The Morgan fingerprint density at radius 2 is 2.54 bits per heavy atom. The highest BCUT2D eigenvalue weighted by Gasteiger charge is 2.14. The molecule has 2 aromatic rings. The van der Waals surface area contributed by atoms with Crippen LogP contribution in [0.1, 0.15) is 0 Å². The number of H-pyrrole nitrogens is 1. The van der Waals surface area contributed by atoms with E-state index in [1.54, 1.807) is 18.3 Å². The third-order valence-corrected chi connectivity index (χ3v) is 1.41. The number of nitrogens with zero attached hydrogens (tertiary/aromatic N) is 3. The summed E-state index contributed by atoms with van der Waals surface area (Å²) in [6.45, 7) is 0. The summed E-state index contributed by atoms with van der Waals surface area (Å²) in [5, 5.41) is 13.3. The normalized spacial score (nSPS) is 10.2. The number of pyridine rings is 1. The van der Waals surface area contributed by atoms with Crippen LogP contribution in [-0.2, 0) is 0 Å². The van der Waals surface area contributed by atoms with Gasteiger partial charge in [0.05, 0.1) is 0 Å². The van der Waals surface area contributed by atoms with Gasteiger partial charge in [0.2, 0.25) is 5.52 Å². The lowest BCUT2D eigenvalue weighted by Gasteiger charge is -1.92. The number of hydrogen-bond donors (Lipinski definition) is 3. The molecule has 0 fully saturated rings. The van der Waals surface area contributed by atoms with Crippen molar-refractivity contribution in [2.75, 3.05) is 0 Å². The van der Waals surface area contributed by atoms with Crippen molar-refractivity contribution < 1.29 is 9.68 Å². The summed E-state index contributed by atoms with van der Waals surface area (Å²) in [6.07, 6.45) is 1.60. The van der Waals surface area contributed by atoms with Gasteiger partial charge in [-0.25, -0.2) is 5.41 Å². The zero-order valence-corrected chi connectivity index (χ0v) is 6.56. The van der Waals surface area contributed by atoms with Crippen LogP contribution >= 0.6 is 0 Å². The molecular weight excluding hydrogens is 172 g/mol. The zero-order valence-electron chi connectivity index (χ0n) is 6.56. The number of hydrogen-bond acceptors (Lipinski definition) is 4. The van der Waals surface area contributed by atoms with E-state index < -0.39 is 6.02 Å². The van der Waals surface area contributed by atoms with Gasteiger partial charge in [-0.05, 0) is 17.2 Å². The second-order valence-electron chi connectivity index (χ2n) is 2.31. The molecule has 0 aliphatic rings. The van der Waals surface area contributed by atoms with Gasteiger partial charge in [-0.1, -0.05) is 5.21 Å². The van der Waals surface area contributed by atoms with Crippen LogP contribution in [0.25, 0.3) is 11.2 Å². The average Bonchev–Trinajstić information content (AvgIpc) is 2.48.